The molecule has 130 valence electrons. The molecule has 1 saturated heterocycles. The third-order valence-corrected chi connectivity index (χ3v) is 5.11. The molecule has 1 fully saturated rings. The monoisotopic (exact) mass is 334 g/mol. The highest BCUT2D eigenvalue weighted by molar-refractivity contribution is 5.75. The molecule has 3 nitrogen and oxygen atoms in total. The third kappa shape index (κ3) is 3.42. The Bertz CT molecular complexity index is 800. The van der Waals surface area contributed by atoms with Crippen LogP contribution in [0.25, 0.3) is 16.6 Å². The predicted molar refractivity (Wildman–Crippen MR) is 103 cm³/mol. The fourth-order valence-electron chi connectivity index (χ4n) is 3.78. The van der Waals surface area contributed by atoms with E-state index in [-0.39, 0.29) is 6.23 Å². The fraction of sp³-hybridized carbons (Fsp3) is 0.364. The number of benzene rings is 1. The molecule has 3 heterocycles. The molecule has 1 atom stereocenters. The lowest BCUT2D eigenvalue weighted by molar-refractivity contribution is 0.0102. The predicted octanol–water partition coefficient (Wildman–Crippen LogP) is 5.21. The highest BCUT2D eigenvalue weighted by atomic mass is 16.5. The van der Waals surface area contributed by atoms with Gasteiger partial charge in [-0.05, 0) is 43.5 Å². The number of aromatic nitrogens is 1. The summed E-state index contributed by atoms with van der Waals surface area (Å²) in [6.45, 7) is 4.52. The summed E-state index contributed by atoms with van der Waals surface area (Å²) in [5.41, 5.74) is 3.58. The van der Waals surface area contributed by atoms with E-state index in [0.29, 0.717) is 0 Å². The molecule has 1 aromatic carbocycles. The van der Waals surface area contributed by atoms with Crippen LogP contribution in [0.4, 0.5) is 0 Å². The zero-order chi connectivity index (χ0) is 17.1. The Morgan fingerprint density at radius 1 is 1.00 bits per heavy atom. The van der Waals surface area contributed by atoms with Gasteiger partial charge in [0.1, 0.15) is 5.75 Å². The Labute approximate surface area is 149 Å². The van der Waals surface area contributed by atoms with Crippen LogP contribution in [0.5, 0.6) is 5.75 Å². The lowest BCUT2D eigenvalue weighted by atomic mass is 10.1. The van der Waals surface area contributed by atoms with Crippen LogP contribution in [0.15, 0.2) is 60.9 Å². The van der Waals surface area contributed by atoms with Gasteiger partial charge in [-0.25, -0.2) is 0 Å². The Morgan fingerprint density at radius 3 is 2.60 bits per heavy atom. The van der Waals surface area contributed by atoms with Crippen molar-refractivity contribution in [1.82, 2.24) is 9.30 Å². The van der Waals surface area contributed by atoms with Gasteiger partial charge in [0.25, 0.3) is 0 Å². The number of pyridine rings is 1. The van der Waals surface area contributed by atoms with Gasteiger partial charge < -0.3 is 9.14 Å². The number of piperidine rings is 1. The summed E-state index contributed by atoms with van der Waals surface area (Å²) < 4.78 is 8.66. The van der Waals surface area contributed by atoms with Crippen LogP contribution in [-0.4, -0.2) is 28.6 Å². The van der Waals surface area contributed by atoms with Gasteiger partial charge in [0.15, 0.2) is 6.23 Å². The molecular weight excluding hydrogens is 308 g/mol. The summed E-state index contributed by atoms with van der Waals surface area (Å²) in [4.78, 5) is 2.50. The summed E-state index contributed by atoms with van der Waals surface area (Å²) >= 11 is 0. The van der Waals surface area contributed by atoms with E-state index in [0.717, 1.165) is 25.3 Å². The van der Waals surface area contributed by atoms with Crippen molar-refractivity contribution >= 4 is 5.52 Å². The van der Waals surface area contributed by atoms with E-state index in [1.54, 1.807) is 0 Å². The molecule has 0 radical (unpaired) electrons. The van der Waals surface area contributed by atoms with Crippen molar-refractivity contribution < 1.29 is 4.74 Å². The summed E-state index contributed by atoms with van der Waals surface area (Å²) in [7, 11) is 0. The smallest absolute Gasteiger partial charge is 0.152 e. The second-order valence-electron chi connectivity index (χ2n) is 6.84. The lowest BCUT2D eigenvalue weighted by Crippen LogP contribution is -2.42. The van der Waals surface area contributed by atoms with Crippen molar-refractivity contribution in [1.29, 1.82) is 0 Å². The lowest BCUT2D eigenvalue weighted by Gasteiger charge is -2.34. The zero-order valence-electron chi connectivity index (χ0n) is 14.9. The van der Waals surface area contributed by atoms with Gasteiger partial charge in [0.2, 0.25) is 0 Å². The Hall–Kier alpha value is -2.26. The molecule has 3 aromatic rings. The zero-order valence-corrected chi connectivity index (χ0v) is 14.9. The quantitative estimate of drug-likeness (QED) is 0.637. The van der Waals surface area contributed by atoms with Crippen LogP contribution in [0, 0.1) is 0 Å². The van der Waals surface area contributed by atoms with E-state index in [2.05, 4.69) is 77.1 Å². The van der Waals surface area contributed by atoms with Crippen LogP contribution in [-0.2, 0) is 0 Å². The minimum absolute atomic E-state index is 0.165. The topological polar surface area (TPSA) is 16.9 Å². The standard InChI is InChI=1S/C22H26N2O/c1-2-22(23-13-7-3-8-14-23)25-21-12-5-4-11-20(21)18-16-19-10-6-9-15-24(19)17-18/h4-6,9-12,15-17,22H,2-3,7-8,13-14H2,1H3. The van der Waals surface area contributed by atoms with Crippen molar-refractivity contribution in [2.45, 2.75) is 38.8 Å². The molecule has 4 rings (SSSR count). The highest BCUT2D eigenvalue weighted by Crippen LogP contribution is 2.33. The summed E-state index contributed by atoms with van der Waals surface area (Å²) in [6.07, 6.45) is 9.36. The Balaban J connectivity index is 1.64. The number of likely N-dealkylation sites (tertiary alicyclic amines) is 1. The molecule has 0 amide bonds. The third-order valence-electron chi connectivity index (χ3n) is 5.11. The number of ether oxygens (including phenoxy) is 1. The molecular formula is C22H26N2O. The van der Waals surface area contributed by atoms with Crippen LogP contribution < -0.4 is 4.74 Å². The Kier molecular flexibility index (Phi) is 4.75. The van der Waals surface area contributed by atoms with Crippen LogP contribution in [0.1, 0.15) is 32.6 Å². The maximum atomic E-state index is 6.50. The van der Waals surface area contributed by atoms with Gasteiger partial charge >= 0.3 is 0 Å². The molecule has 0 aliphatic carbocycles. The van der Waals surface area contributed by atoms with E-state index in [1.165, 1.54) is 35.9 Å². The number of nitrogens with zero attached hydrogens (tertiary/aromatic N) is 2. The second kappa shape index (κ2) is 7.32. The van der Waals surface area contributed by atoms with E-state index in [1.807, 2.05) is 0 Å². The Morgan fingerprint density at radius 2 is 1.80 bits per heavy atom. The first-order chi connectivity index (χ1) is 12.3. The SMILES string of the molecule is CCC(Oc1ccccc1-c1cc2ccccn2c1)N1CCCCC1. The fourth-order valence-corrected chi connectivity index (χ4v) is 3.78. The van der Waals surface area contributed by atoms with Gasteiger partial charge in [0.05, 0.1) is 0 Å². The first-order valence-corrected chi connectivity index (χ1v) is 9.42. The largest absolute Gasteiger partial charge is 0.474 e. The average molecular weight is 334 g/mol. The summed E-state index contributed by atoms with van der Waals surface area (Å²) in [5, 5.41) is 0. The minimum Gasteiger partial charge on any atom is -0.474 e. The molecule has 25 heavy (non-hydrogen) atoms. The molecule has 1 aliphatic heterocycles. The van der Waals surface area contributed by atoms with Crippen molar-refractivity contribution in [2.75, 3.05) is 13.1 Å². The van der Waals surface area contributed by atoms with Gasteiger partial charge in [0, 0.05) is 42.1 Å². The second-order valence-corrected chi connectivity index (χ2v) is 6.84. The maximum Gasteiger partial charge on any atom is 0.152 e. The summed E-state index contributed by atoms with van der Waals surface area (Å²) in [5.74, 6) is 0.982. The van der Waals surface area contributed by atoms with Crippen LogP contribution in [0.2, 0.25) is 0 Å². The number of para-hydroxylation sites is 1. The number of fused-ring (bicyclic) bond motifs is 1. The van der Waals surface area contributed by atoms with E-state index in [9.17, 15) is 0 Å². The van der Waals surface area contributed by atoms with Gasteiger partial charge in [-0.2, -0.15) is 0 Å². The van der Waals surface area contributed by atoms with Crippen molar-refractivity contribution in [3.05, 3.63) is 60.9 Å². The number of rotatable bonds is 5. The maximum absolute atomic E-state index is 6.50. The molecule has 1 aliphatic rings. The normalized spacial score (nSPS) is 16.8. The minimum atomic E-state index is 0.165. The van der Waals surface area contributed by atoms with E-state index < -0.39 is 0 Å². The van der Waals surface area contributed by atoms with Gasteiger partial charge in [-0.15, -0.1) is 0 Å². The van der Waals surface area contributed by atoms with Crippen LogP contribution >= 0.6 is 0 Å². The molecule has 0 bridgehead atoms. The van der Waals surface area contributed by atoms with Crippen molar-refractivity contribution in [2.24, 2.45) is 0 Å². The first kappa shape index (κ1) is 16.2. The van der Waals surface area contributed by atoms with E-state index in [4.69, 9.17) is 4.74 Å². The van der Waals surface area contributed by atoms with E-state index >= 15 is 0 Å². The number of hydrogen-bond acceptors (Lipinski definition) is 2. The highest BCUT2D eigenvalue weighted by Gasteiger charge is 2.21. The van der Waals surface area contributed by atoms with Gasteiger partial charge in [-0.3, -0.25) is 4.90 Å². The van der Waals surface area contributed by atoms with Crippen molar-refractivity contribution in [3.8, 4) is 16.9 Å². The average Bonchev–Trinajstić information content (AvgIpc) is 3.11. The molecule has 0 saturated carbocycles. The van der Waals surface area contributed by atoms with Gasteiger partial charge in [-0.1, -0.05) is 37.6 Å². The first-order valence-electron chi connectivity index (χ1n) is 9.42. The molecule has 3 heteroatoms. The molecule has 0 N–H and O–H groups in total. The molecule has 1 unspecified atom stereocenters. The van der Waals surface area contributed by atoms with Crippen molar-refractivity contribution in [3.63, 3.8) is 0 Å². The molecule has 0 spiro atoms. The molecule has 2 aromatic heterocycles. The number of hydrogen-bond donors (Lipinski definition) is 0. The van der Waals surface area contributed by atoms with Crippen LogP contribution in [0.3, 0.4) is 0 Å². The summed E-state index contributed by atoms with van der Waals surface area (Å²) in [6, 6.07) is 16.9.